The molecule has 106 valence electrons. The highest BCUT2D eigenvalue weighted by Gasteiger charge is 2.04. The van der Waals surface area contributed by atoms with Crippen molar-refractivity contribution < 1.29 is 4.74 Å². The van der Waals surface area contributed by atoms with Crippen molar-refractivity contribution in [1.82, 2.24) is 4.98 Å². The van der Waals surface area contributed by atoms with Crippen LogP contribution in [-0.4, -0.2) is 17.3 Å². The lowest BCUT2D eigenvalue weighted by Crippen LogP contribution is -1.99. The van der Waals surface area contributed by atoms with Gasteiger partial charge in [0.25, 0.3) is 0 Å². The van der Waals surface area contributed by atoms with Crippen molar-refractivity contribution in [2.45, 2.75) is 4.34 Å². The highest BCUT2D eigenvalue weighted by atomic mass is 32.2. The molecule has 21 heavy (non-hydrogen) atoms. The van der Waals surface area contributed by atoms with E-state index >= 15 is 0 Å². The third-order valence-corrected chi connectivity index (χ3v) is 4.86. The molecule has 3 rings (SSSR count). The van der Waals surface area contributed by atoms with E-state index in [0.29, 0.717) is 6.61 Å². The molecule has 0 aliphatic carbocycles. The topological polar surface area (TPSA) is 22.1 Å². The second kappa shape index (κ2) is 7.29. The van der Waals surface area contributed by atoms with Crippen molar-refractivity contribution in [3.05, 3.63) is 66.0 Å². The first-order valence-electron chi connectivity index (χ1n) is 6.73. The average molecular weight is 313 g/mol. The zero-order valence-corrected chi connectivity index (χ0v) is 13.1. The molecule has 2 nitrogen and oxygen atoms in total. The van der Waals surface area contributed by atoms with E-state index in [-0.39, 0.29) is 0 Å². The van der Waals surface area contributed by atoms with Gasteiger partial charge in [0.05, 0.1) is 12.3 Å². The Labute approximate surface area is 132 Å². The van der Waals surface area contributed by atoms with E-state index in [1.165, 1.54) is 5.56 Å². The van der Waals surface area contributed by atoms with E-state index < -0.39 is 0 Å². The average Bonchev–Trinajstić information content (AvgIpc) is 3.02. The lowest BCUT2D eigenvalue weighted by molar-refractivity contribution is 0.344. The summed E-state index contributed by atoms with van der Waals surface area (Å²) < 4.78 is 6.76. The summed E-state index contributed by atoms with van der Waals surface area (Å²) in [6, 6.07) is 20.2. The number of para-hydroxylation sites is 1. The predicted octanol–water partition coefficient (Wildman–Crippen LogP) is 4.98. The van der Waals surface area contributed by atoms with Gasteiger partial charge in [0, 0.05) is 16.7 Å². The maximum Gasteiger partial charge on any atom is 0.150 e. The largest absolute Gasteiger partial charge is 0.493 e. The molecule has 0 radical (unpaired) electrons. The molecule has 0 aliphatic rings. The summed E-state index contributed by atoms with van der Waals surface area (Å²) in [7, 11) is 0. The molecule has 0 bridgehead atoms. The molecule has 0 saturated carbocycles. The van der Waals surface area contributed by atoms with E-state index in [1.807, 2.05) is 48.5 Å². The predicted molar refractivity (Wildman–Crippen MR) is 90.2 cm³/mol. The van der Waals surface area contributed by atoms with Gasteiger partial charge in [-0.1, -0.05) is 60.3 Å². The van der Waals surface area contributed by atoms with Gasteiger partial charge in [0.1, 0.15) is 5.75 Å². The molecule has 2 aromatic carbocycles. The van der Waals surface area contributed by atoms with Gasteiger partial charge in [-0.15, -0.1) is 11.3 Å². The monoisotopic (exact) mass is 313 g/mol. The van der Waals surface area contributed by atoms with E-state index in [4.69, 9.17) is 4.74 Å². The summed E-state index contributed by atoms with van der Waals surface area (Å²) in [6.07, 6.45) is 0. The molecule has 0 saturated heterocycles. The van der Waals surface area contributed by atoms with Gasteiger partial charge in [0.15, 0.2) is 4.34 Å². The van der Waals surface area contributed by atoms with Gasteiger partial charge in [-0.2, -0.15) is 0 Å². The fourth-order valence-corrected chi connectivity index (χ4v) is 3.59. The zero-order valence-electron chi connectivity index (χ0n) is 11.4. The van der Waals surface area contributed by atoms with Crippen LogP contribution in [0.4, 0.5) is 0 Å². The van der Waals surface area contributed by atoms with Gasteiger partial charge >= 0.3 is 0 Å². The zero-order chi connectivity index (χ0) is 14.3. The van der Waals surface area contributed by atoms with Crippen LogP contribution < -0.4 is 4.74 Å². The van der Waals surface area contributed by atoms with Gasteiger partial charge in [-0.25, -0.2) is 4.98 Å². The van der Waals surface area contributed by atoms with E-state index in [0.717, 1.165) is 21.5 Å². The Morgan fingerprint density at radius 2 is 1.67 bits per heavy atom. The van der Waals surface area contributed by atoms with Crippen molar-refractivity contribution in [2.24, 2.45) is 0 Å². The van der Waals surface area contributed by atoms with Crippen LogP contribution in [0.3, 0.4) is 0 Å². The van der Waals surface area contributed by atoms with Crippen molar-refractivity contribution in [3.63, 3.8) is 0 Å². The summed E-state index contributed by atoms with van der Waals surface area (Å²) in [5.74, 6) is 1.82. The van der Waals surface area contributed by atoms with Gasteiger partial charge in [-0.05, 0) is 12.1 Å². The van der Waals surface area contributed by atoms with E-state index in [1.54, 1.807) is 23.1 Å². The van der Waals surface area contributed by atoms with Crippen LogP contribution in [0.2, 0.25) is 0 Å². The molecule has 1 aromatic heterocycles. The first kappa shape index (κ1) is 14.2. The second-order valence-electron chi connectivity index (χ2n) is 4.37. The third kappa shape index (κ3) is 4.09. The van der Waals surface area contributed by atoms with E-state index in [9.17, 15) is 0 Å². The molecule has 0 atom stereocenters. The highest BCUT2D eigenvalue weighted by Crippen LogP contribution is 2.28. The Bertz CT molecular complexity index is 668. The third-order valence-electron chi connectivity index (χ3n) is 2.87. The van der Waals surface area contributed by atoms with E-state index in [2.05, 4.69) is 22.5 Å². The molecule has 3 aromatic rings. The summed E-state index contributed by atoms with van der Waals surface area (Å²) in [4.78, 5) is 4.65. The number of rotatable bonds is 6. The quantitative estimate of drug-likeness (QED) is 0.473. The fourth-order valence-electron chi connectivity index (χ4n) is 1.87. The molecule has 0 aliphatic heterocycles. The SMILES string of the molecule is c1ccc(OCCSc2nc(-c3ccccc3)cs2)cc1. The van der Waals surface area contributed by atoms with Gasteiger partial charge in [-0.3, -0.25) is 0 Å². The van der Waals surface area contributed by atoms with Crippen LogP contribution >= 0.6 is 23.1 Å². The first-order valence-corrected chi connectivity index (χ1v) is 8.60. The van der Waals surface area contributed by atoms with Crippen LogP contribution in [0.15, 0.2) is 70.4 Å². The lowest BCUT2D eigenvalue weighted by atomic mass is 10.2. The van der Waals surface area contributed by atoms with Crippen LogP contribution in [0.5, 0.6) is 5.75 Å². The number of thioether (sulfide) groups is 1. The molecular formula is C17H15NOS2. The number of nitrogens with zero attached hydrogens (tertiary/aromatic N) is 1. The van der Waals surface area contributed by atoms with Crippen molar-refractivity contribution in [1.29, 1.82) is 0 Å². The minimum Gasteiger partial charge on any atom is -0.493 e. The fraction of sp³-hybridized carbons (Fsp3) is 0.118. The number of ether oxygens (including phenoxy) is 1. The Balaban J connectivity index is 1.49. The number of benzene rings is 2. The number of hydrogen-bond donors (Lipinski definition) is 0. The van der Waals surface area contributed by atoms with Crippen LogP contribution in [0.1, 0.15) is 0 Å². The van der Waals surface area contributed by atoms with Crippen LogP contribution in [-0.2, 0) is 0 Å². The highest BCUT2D eigenvalue weighted by molar-refractivity contribution is 8.01. The van der Waals surface area contributed by atoms with Crippen molar-refractivity contribution in [2.75, 3.05) is 12.4 Å². The molecule has 4 heteroatoms. The summed E-state index contributed by atoms with van der Waals surface area (Å²) in [6.45, 7) is 0.689. The lowest BCUT2D eigenvalue weighted by Gasteiger charge is -2.04. The number of hydrogen-bond acceptors (Lipinski definition) is 4. The molecule has 1 heterocycles. The molecule has 0 spiro atoms. The Morgan fingerprint density at radius 1 is 0.952 bits per heavy atom. The Hall–Kier alpha value is -1.78. The standard InChI is InChI=1S/C17H15NOS2/c1-3-7-14(8-4-1)16-13-21-17(18-16)20-12-11-19-15-9-5-2-6-10-15/h1-10,13H,11-12H2. The first-order chi connectivity index (χ1) is 10.4. The van der Waals surface area contributed by atoms with Gasteiger partial charge < -0.3 is 4.74 Å². The number of thiazole rings is 1. The minimum atomic E-state index is 0.689. The summed E-state index contributed by atoms with van der Waals surface area (Å²) in [5.41, 5.74) is 2.22. The number of aromatic nitrogens is 1. The summed E-state index contributed by atoms with van der Waals surface area (Å²) in [5, 5.41) is 2.11. The smallest absolute Gasteiger partial charge is 0.150 e. The van der Waals surface area contributed by atoms with Gasteiger partial charge in [0.2, 0.25) is 0 Å². The van der Waals surface area contributed by atoms with Crippen LogP contribution in [0, 0.1) is 0 Å². The Morgan fingerprint density at radius 3 is 2.43 bits per heavy atom. The summed E-state index contributed by atoms with van der Waals surface area (Å²) >= 11 is 3.42. The molecule has 0 unspecified atom stereocenters. The van der Waals surface area contributed by atoms with Crippen molar-refractivity contribution >= 4 is 23.1 Å². The Kier molecular flexibility index (Phi) is 4.92. The maximum absolute atomic E-state index is 5.68. The van der Waals surface area contributed by atoms with Crippen molar-refractivity contribution in [3.8, 4) is 17.0 Å². The normalized spacial score (nSPS) is 10.5. The molecule has 0 fully saturated rings. The van der Waals surface area contributed by atoms with Crippen LogP contribution in [0.25, 0.3) is 11.3 Å². The maximum atomic E-state index is 5.68. The minimum absolute atomic E-state index is 0.689. The second-order valence-corrected chi connectivity index (χ2v) is 6.57. The molecule has 0 N–H and O–H groups in total. The molecule has 0 amide bonds. The molecular weight excluding hydrogens is 298 g/mol.